The summed E-state index contributed by atoms with van der Waals surface area (Å²) in [5.41, 5.74) is 3.94. The summed E-state index contributed by atoms with van der Waals surface area (Å²) in [7, 11) is 0. The highest BCUT2D eigenvalue weighted by Crippen LogP contribution is 2.44. The highest BCUT2D eigenvalue weighted by atomic mass is 16.5. The van der Waals surface area contributed by atoms with Crippen molar-refractivity contribution in [3.05, 3.63) is 135 Å². The Balaban J connectivity index is 1.46. The van der Waals surface area contributed by atoms with E-state index in [9.17, 15) is 9.59 Å². The molecular formula is C36H24O5. The van der Waals surface area contributed by atoms with Gasteiger partial charge in [0.25, 0.3) is 0 Å². The van der Waals surface area contributed by atoms with Crippen LogP contribution in [0.4, 0.5) is 0 Å². The lowest BCUT2D eigenvalue weighted by Crippen LogP contribution is -2.02. The molecule has 198 valence electrons. The monoisotopic (exact) mass is 536 g/mol. The van der Waals surface area contributed by atoms with Crippen LogP contribution in [0.3, 0.4) is 0 Å². The van der Waals surface area contributed by atoms with Crippen LogP contribution in [0, 0.1) is 0 Å². The van der Waals surface area contributed by atoms with Crippen LogP contribution >= 0.6 is 0 Å². The second kappa shape index (κ2) is 10.8. The topological polar surface area (TPSA) is 65.7 Å². The van der Waals surface area contributed by atoms with Crippen molar-refractivity contribution in [2.45, 2.75) is 0 Å². The molecule has 0 fully saturated rings. The average Bonchev–Trinajstić information content (AvgIpc) is 3.50. The lowest BCUT2D eigenvalue weighted by Gasteiger charge is -2.16. The number of hydrogen-bond acceptors (Lipinski definition) is 5. The summed E-state index contributed by atoms with van der Waals surface area (Å²) in [5, 5.41) is 4.25. The molecule has 5 heteroatoms. The first-order valence-corrected chi connectivity index (χ1v) is 13.0. The fourth-order valence-corrected chi connectivity index (χ4v) is 5.02. The fourth-order valence-electron chi connectivity index (χ4n) is 5.02. The van der Waals surface area contributed by atoms with E-state index in [1.807, 2.05) is 60.7 Å². The molecular weight excluding hydrogens is 512 g/mol. The Morgan fingerprint density at radius 1 is 0.512 bits per heavy atom. The summed E-state index contributed by atoms with van der Waals surface area (Å²) in [5.74, 6) is 1.33. The molecule has 6 rings (SSSR count). The van der Waals surface area contributed by atoms with Crippen LogP contribution in [0.15, 0.2) is 139 Å². The Bertz CT molecular complexity index is 1890. The molecule has 0 atom stereocenters. The van der Waals surface area contributed by atoms with Crippen molar-refractivity contribution >= 4 is 33.5 Å². The maximum absolute atomic E-state index is 11.6. The van der Waals surface area contributed by atoms with Gasteiger partial charge in [-0.1, -0.05) is 73.8 Å². The molecule has 0 N–H and O–H groups in total. The van der Waals surface area contributed by atoms with E-state index >= 15 is 0 Å². The molecule has 0 saturated carbocycles. The molecule has 1 heterocycles. The molecule has 0 bridgehead atoms. The van der Waals surface area contributed by atoms with Gasteiger partial charge in [0.15, 0.2) is 0 Å². The SMILES string of the molecule is C=CC(=O)Oc1ccc(-c2ccc(-c3c4ccccc4c(-c4ccc(OC(=O)C=C)cc4)c4ccccc34)o2)cc1. The number of furan rings is 1. The quantitative estimate of drug-likeness (QED) is 0.0883. The number of carbonyl (C=O) groups is 2. The van der Waals surface area contributed by atoms with Gasteiger partial charge in [-0.25, -0.2) is 9.59 Å². The average molecular weight is 537 g/mol. The molecule has 0 aliphatic carbocycles. The van der Waals surface area contributed by atoms with Crippen molar-refractivity contribution in [3.8, 4) is 45.3 Å². The second-order valence-corrected chi connectivity index (χ2v) is 9.30. The minimum Gasteiger partial charge on any atom is -0.456 e. The molecule has 5 aromatic carbocycles. The van der Waals surface area contributed by atoms with Gasteiger partial charge in [0.1, 0.15) is 23.0 Å². The van der Waals surface area contributed by atoms with E-state index in [1.165, 1.54) is 0 Å². The van der Waals surface area contributed by atoms with Crippen LogP contribution in [-0.4, -0.2) is 11.9 Å². The van der Waals surface area contributed by atoms with E-state index in [4.69, 9.17) is 13.9 Å². The van der Waals surface area contributed by atoms with Crippen molar-refractivity contribution in [1.29, 1.82) is 0 Å². The lowest BCUT2D eigenvalue weighted by molar-refractivity contribution is -0.129. The van der Waals surface area contributed by atoms with Gasteiger partial charge in [-0.3, -0.25) is 0 Å². The molecule has 0 spiro atoms. The molecule has 0 aliphatic heterocycles. The highest BCUT2D eigenvalue weighted by Gasteiger charge is 2.19. The third-order valence-corrected chi connectivity index (χ3v) is 6.84. The van der Waals surface area contributed by atoms with Gasteiger partial charge < -0.3 is 13.9 Å². The van der Waals surface area contributed by atoms with Crippen molar-refractivity contribution in [2.75, 3.05) is 0 Å². The first kappa shape index (κ1) is 25.6. The Kier molecular flexibility index (Phi) is 6.76. The highest BCUT2D eigenvalue weighted by molar-refractivity contribution is 6.20. The van der Waals surface area contributed by atoms with Crippen LogP contribution in [-0.2, 0) is 9.59 Å². The number of benzene rings is 5. The Hall–Kier alpha value is -5.68. The minimum atomic E-state index is -0.507. The molecule has 5 nitrogen and oxygen atoms in total. The van der Waals surface area contributed by atoms with E-state index < -0.39 is 11.9 Å². The van der Waals surface area contributed by atoms with E-state index in [0.29, 0.717) is 17.3 Å². The standard InChI is InChI=1S/C36H24O5/c1-3-33(37)39-25-17-13-23(14-18-25)31-21-22-32(41-31)36-29-11-7-5-9-27(29)35(28-10-6-8-12-30(28)36)24-15-19-26(20-16-24)40-34(38)4-2/h3-22H,1-2H2. The van der Waals surface area contributed by atoms with Crippen LogP contribution < -0.4 is 9.47 Å². The summed E-state index contributed by atoms with van der Waals surface area (Å²) in [6, 6.07) is 35.1. The van der Waals surface area contributed by atoms with Gasteiger partial charge in [0.2, 0.25) is 0 Å². The molecule has 0 radical (unpaired) electrons. The lowest BCUT2D eigenvalue weighted by atomic mass is 9.87. The third kappa shape index (κ3) is 4.92. The van der Waals surface area contributed by atoms with E-state index in [-0.39, 0.29) is 0 Å². The number of carbonyl (C=O) groups excluding carboxylic acids is 2. The zero-order valence-corrected chi connectivity index (χ0v) is 22.0. The predicted molar refractivity (Wildman–Crippen MR) is 162 cm³/mol. The van der Waals surface area contributed by atoms with Crippen LogP contribution in [0.5, 0.6) is 11.5 Å². The molecule has 0 saturated heterocycles. The summed E-state index contributed by atoms with van der Waals surface area (Å²) >= 11 is 0. The van der Waals surface area contributed by atoms with Gasteiger partial charge in [-0.15, -0.1) is 0 Å². The van der Waals surface area contributed by atoms with Crippen LogP contribution in [0.1, 0.15) is 0 Å². The van der Waals surface area contributed by atoms with Gasteiger partial charge >= 0.3 is 11.9 Å². The van der Waals surface area contributed by atoms with Crippen molar-refractivity contribution in [1.82, 2.24) is 0 Å². The molecule has 0 unspecified atom stereocenters. The Labute approximate surface area is 236 Å². The summed E-state index contributed by atoms with van der Waals surface area (Å²) in [6.07, 6.45) is 2.27. The van der Waals surface area contributed by atoms with Crippen LogP contribution in [0.25, 0.3) is 55.3 Å². The zero-order chi connectivity index (χ0) is 28.3. The van der Waals surface area contributed by atoms with Crippen molar-refractivity contribution in [2.24, 2.45) is 0 Å². The van der Waals surface area contributed by atoms with E-state index in [0.717, 1.165) is 61.7 Å². The number of fused-ring (bicyclic) bond motifs is 2. The number of rotatable bonds is 7. The molecule has 41 heavy (non-hydrogen) atoms. The molecule has 0 amide bonds. The maximum atomic E-state index is 11.6. The van der Waals surface area contributed by atoms with Crippen molar-refractivity contribution in [3.63, 3.8) is 0 Å². The van der Waals surface area contributed by atoms with Gasteiger partial charge in [0.05, 0.1) is 0 Å². The predicted octanol–water partition coefficient (Wildman–Crippen LogP) is 8.77. The molecule has 1 aromatic heterocycles. The summed E-state index contributed by atoms with van der Waals surface area (Å²) in [6.45, 7) is 6.88. The first-order chi connectivity index (χ1) is 20.1. The van der Waals surface area contributed by atoms with Crippen LogP contribution in [0.2, 0.25) is 0 Å². The fraction of sp³-hybridized carbons (Fsp3) is 0. The van der Waals surface area contributed by atoms with E-state index in [2.05, 4.69) is 37.4 Å². The smallest absolute Gasteiger partial charge is 0.335 e. The van der Waals surface area contributed by atoms with E-state index in [1.54, 1.807) is 24.3 Å². The summed E-state index contributed by atoms with van der Waals surface area (Å²) in [4.78, 5) is 23.2. The number of ether oxygens (including phenoxy) is 2. The van der Waals surface area contributed by atoms with Crippen molar-refractivity contribution < 1.29 is 23.5 Å². The number of hydrogen-bond donors (Lipinski definition) is 0. The zero-order valence-electron chi connectivity index (χ0n) is 22.0. The molecule has 0 aliphatic rings. The van der Waals surface area contributed by atoms with Gasteiger partial charge in [-0.2, -0.15) is 0 Å². The number of esters is 2. The normalized spacial score (nSPS) is 10.8. The minimum absolute atomic E-state index is 0.435. The Morgan fingerprint density at radius 2 is 0.927 bits per heavy atom. The largest absolute Gasteiger partial charge is 0.456 e. The molecule has 6 aromatic rings. The maximum Gasteiger partial charge on any atom is 0.335 e. The second-order valence-electron chi connectivity index (χ2n) is 9.30. The van der Waals surface area contributed by atoms with Gasteiger partial charge in [-0.05, 0) is 81.2 Å². The third-order valence-electron chi connectivity index (χ3n) is 6.84. The van der Waals surface area contributed by atoms with Gasteiger partial charge in [0, 0.05) is 23.3 Å². The Morgan fingerprint density at radius 3 is 1.39 bits per heavy atom. The first-order valence-electron chi connectivity index (χ1n) is 13.0. The summed E-state index contributed by atoms with van der Waals surface area (Å²) < 4.78 is 16.9.